The van der Waals surface area contributed by atoms with E-state index in [2.05, 4.69) is 4.98 Å². The van der Waals surface area contributed by atoms with Crippen LogP contribution in [0.15, 0.2) is 42.6 Å². The van der Waals surface area contributed by atoms with Crippen LogP contribution in [0.25, 0.3) is 0 Å². The number of aromatic hydroxyl groups is 1. The number of benzene rings is 1. The van der Waals surface area contributed by atoms with Gasteiger partial charge >= 0.3 is 0 Å². The minimum absolute atomic E-state index is 0.0831. The number of aryl methyl sites for hydroxylation is 2. The molecule has 0 radical (unpaired) electrons. The Kier molecular flexibility index (Phi) is 3.73. The summed E-state index contributed by atoms with van der Waals surface area (Å²) in [4.78, 5) is 4.14. The van der Waals surface area contributed by atoms with Crippen LogP contribution in [0.2, 0.25) is 0 Å². The standard InChI is InChI=1S/C14H15NO2/c16-10-12-3-1-11(2-4-12)5-6-13-7-8-14(17)9-15-13/h1-4,7-9,16-17H,5-6,10H2. The van der Waals surface area contributed by atoms with E-state index in [-0.39, 0.29) is 12.4 Å². The lowest BCUT2D eigenvalue weighted by molar-refractivity contribution is 0.282. The summed E-state index contributed by atoms with van der Waals surface area (Å²) < 4.78 is 0. The molecule has 0 aliphatic rings. The monoisotopic (exact) mass is 229 g/mol. The highest BCUT2D eigenvalue weighted by Gasteiger charge is 1.98. The summed E-state index contributed by atoms with van der Waals surface area (Å²) >= 11 is 0. The second-order valence-corrected chi connectivity index (χ2v) is 3.98. The maximum Gasteiger partial charge on any atom is 0.133 e. The molecular weight excluding hydrogens is 214 g/mol. The zero-order valence-electron chi connectivity index (χ0n) is 9.50. The lowest BCUT2D eigenvalue weighted by Crippen LogP contribution is -1.94. The molecule has 2 rings (SSSR count). The molecular formula is C14H15NO2. The summed E-state index contributed by atoms with van der Waals surface area (Å²) in [6.07, 6.45) is 3.21. The zero-order valence-corrected chi connectivity index (χ0v) is 9.50. The number of aromatic nitrogens is 1. The lowest BCUT2D eigenvalue weighted by Gasteiger charge is -2.03. The van der Waals surface area contributed by atoms with Crippen molar-refractivity contribution in [3.8, 4) is 5.75 Å². The number of aliphatic hydroxyl groups excluding tert-OH is 1. The van der Waals surface area contributed by atoms with Gasteiger partial charge in [0.25, 0.3) is 0 Å². The molecule has 0 aliphatic heterocycles. The fourth-order valence-corrected chi connectivity index (χ4v) is 1.65. The van der Waals surface area contributed by atoms with Gasteiger partial charge in [-0.25, -0.2) is 0 Å². The van der Waals surface area contributed by atoms with E-state index < -0.39 is 0 Å². The first kappa shape index (κ1) is 11.6. The van der Waals surface area contributed by atoms with Gasteiger partial charge in [-0.2, -0.15) is 0 Å². The molecule has 88 valence electrons. The molecule has 0 fully saturated rings. The van der Waals surface area contributed by atoms with E-state index in [4.69, 9.17) is 10.2 Å². The summed E-state index contributed by atoms with van der Waals surface area (Å²) in [7, 11) is 0. The van der Waals surface area contributed by atoms with Gasteiger partial charge in [-0.15, -0.1) is 0 Å². The predicted octanol–water partition coefficient (Wildman–Crippen LogP) is 2.06. The number of hydrogen-bond acceptors (Lipinski definition) is 3. The van der Waals surface area contributed by atoms with Gasteiger partial charge in [-0.3, -0.25) is 4.98 Å². The Morgan fingerprint density at radius 3 is 2.18 bits per heavy atom. The van der Waals surface area contributed by atoms with E-state index in [9.17, 15) is 0 Å². The van der Waals surface area contributed by atoms with Crippen molar-refractivity contribution in [2.45, 2.75) is 19.4 Å². The molecule has 3 heteroatoms. The van der Waals surface area contributed by atoms with Gasteiger partial charge in [-0.1, -0.05) is 24.3 Å². The van der Waals surface area contributed by atoms with E-state index in [1.807, 2.05) is 30.3 Å². The topological polar surface area (TPSA) is 53.4 Å². The molecule has 0 atom stereocenters. The third-order valence-corrected chi connectivity index (χ3v) is 2.68. The highest BCUT2D eigenvalue weighted by Crippen LogP contribution is 2.10. The van der Waals surface area contributed by atoms with E-state index in [0.717, 1.165) is 24.1 Å². The Bertz CT molecular complexity index is 463. The van der Waals surface area contributed by atoms with Crippen molar-refractivity contribution in [3.63, 3.8) is 0 Å². The normalized spacial score (nSPS) is 10.4. The third-order valence-electron chi connectivity index (χ3n) is 2.68. The Hall–Kier alpha value is -1.87. The number of rotatable bonds is 4. The first-order valence-electron chi connectivity index (χ1n) is 5.60. The fraction of sp³-hybridized carbons (Fsp3) is 0.214. The van der Waals surface area contributed by atoms with Crippen molar-refractivity contribution < 1.29 is 10.2 Å². The van der Waals surface area contributed by atoms with Crippen LogP contribution < -0.4 is 0 Å². The van der Waals surface area contributed by atoms with Crippen LogP contribution in [-0.4, -0.2) is 15.2 Å². The molecule has 0 aliphatic carbocycles. The molecule has 0 unspecified atom stereocenters. The van der Waals surface area contributed by atoms with Crippen molar-refractivity contribution in [2.75, 3.05) is 0 Å². The second kappa shape index (κ2) is 5.46. The molecule has 1 aromatic carbocycles. The van der Waals surface area contributed by atoms with Gasteiger partial charge in [0.05, 0.1) is 12.8 Å². The molecule has 0 saturated carbocycles. The fourth-order valence-electron chi connectivity index (χ4n) is 1.65. The summed E-state index contributed by atoms with van der Waals surface area (Å²) in [5.41, 5.74) is 3.11. The molecule has 0 amide bonds. The summed E-state index contributed by atoms with van der Waals surface area (Å²) in [6.45, 7) is 0.0831. The predicted molar refractivity (Wildman–Crippen MR) is 65.7 cm³/mol. The van der Waals surface area contributed by atoms with Crippen LogP contribution in [0.5, 0.6) is 5.75 Å². The van der Waals surface area contributed by atoms with Crippen LogP contribution in [0.4, 0.5) is 0 Å². The highest BCUT2D eigenvalue weighted by atomic mass is 16.3. The minimum Gasteiger partial charge on any atom is -0.506 e. The van der Waals surface area contributed by atoms with Crippen molar-refractivity contribution in [2.24, 2.45) is 0 Å². The van der Waals surface area contributed by atoms with Crippen LogP contribution in [0, 0.1) is 0 Å². The molecule has 0 saturated heterocycles. The van der Waals surface area contributed by atoms with Gasteiger partial charge in [-0.05, 0) is 36.1 Å². The van der Waals surface area contributed by atoms with Crippen molar-refractivity contribution >= 4 is 0 Å². The number of aliphatic hydroxyl groups is 1. The number of pyridine rings is 1. The average Bonchev–Trinajstić information content (AvgIpc) is 2.39. The van der Waals surface area contributed by atoms with Gasteiger partial charge in [0.1, 0.15) is 5.75 Å². The second-order valence-electron chi connectivity index (χ2n) is 3.98. The SMILES string of the molecule is OCc1ccc(CCc2ccc(O)cn2)cc1. The van der Waals surface area contributed by atoms with Crippen molar-refractivity contribution in [3.05, 3.63) is 59.4 Å². The van der Waals surface area contributed by atoms with Gasteiger partial charge in [0.2, 0.25) is 0 Å². The first-order valence-corrected chi connectivity index (χ1v) is 5.60. The highest BCUT2D eigenvalue weighted by molar-refractivity contribution is 5.23. The largest absolute Gasteiger partial charge is 0.506 e. The number of nitrogens with zero attached hydrogens (tertiary/aromatic N) is 1. The van der Waals surface area contributed by atoms with Crippen molar-refractivity contribution in [1.82, 2.24) is 4.98 Å². The van der Waals surface area contributed by atoms with Crippen LogP contribution in [-0.2, 0) is 19.4 Å². The van der Waals surface area contributed by atoms with E-state index >= 15 is 0 Å². The van der Waals surface area contributed by atoms with Crippen LogP contribution in [0.1, 0.15) is 16.8 Å². The molecule has 1 aromatic heterocycles. The van der Waals surface area contributed by atoms with Gasteiger partial charge < -0.3 is 10.2 Å². The molecule has 0 bridgehead atoms. The average molecular weight is 229 g/mol. The molecule has 3 nitrogen and oxygen atoms in total. The maximum atomic E-state index is 9.11. The van der Waals surface area contributed by atoms with Crippen LogP contribution >= 0.6 is 0 Å². The quantitative estimate of drug-likeness (QED) is 0.843. The molecule has 0 spiro atoms. The summed E-state index contributed by atoms with van der Waals surface area (Å²) in [5, 5.41) is 18.0. The zero-order chi connectivity index (χ0) is 12.1. The minimum atomic E-state index is 0.0831. The third kappa shape index (κ3) is 3.29. The summed E-state index contributed by atoms with van der Waals surface area (Å²) in [6, 6.07) is 11.4. The first-order chi connectivity index (χ1) is 8.28. The van der Waals surface area contributed by atoms with Gasteiger partial charge in [0, 0.05) is 5.69 Å². The van der Waals surface area contributed by atoms with E-state index in [1.54, 1.807) is 6.07 Å². The molecule has 1 heterocycles. The van der Waals surface area contributed by atoms with Gasteiger partial charge in [0.15, 0.2) is 0 Å². The van der Waals surface area contributed by atoms with E-state index in [0.29, 0.717) is 0 Å². The summed E-state index contributed by atoms with van der Waals surface area (Å²) in [5.74, 6) is 0.195. The smallest absolute Gasteiger partial charge is 0.133 e. The Morgan fingerprint density at radius 2 is 1.59 bits per heavy atom. The maximum absolute atomic E-state index is 9.11. The Labute approximate surface area is 100 Å². The van der Waals surface area contributed by atoms with Crippen LogP contribution in [0.3, 0.4) is 0 Å². The molecule has 17 heavy (non-hydrogen) atoms. The number of hydrogen-bond donors (Lipinski definition) is 2. The lowest BCUT2D eigenvalue weighted by atomic mass is 10.1. The molecule has 2 aromatic rings. The van der Waals surface area contributed by atoms with E-state index in [1.165, 1.54) is 11.8 Å². The Morgan fingerprint density at radius 1 is 0.882 bits per heavy atom. The van der Waals surface area contributed by atoms with Crippen molar-refractivity contribution in [1.29, 1.82) is 0 Å². The Balaban J connectivity index is 1.95. The molecule has 2 N–H and O–H groups in total.